The minimum Gasteiger partial charge on any atom is -0.385 e. The van der Waals surface area contributed by atoms with Crippen LogP contribution in [-0.4, -0.2) is 96.4 Å². The molecule has 0 saturated carbocycles. The predicted molar refractivity (Wildman–Crippen MR) is 93.3 cm³/mol. The van der Waals surface area contributed by atoms with Crippen LogP contribution in [0.1, 0.15) is 12.8 Å². The van der Waals surface area contributed by atoms with Gasteiger partial charge >= 0.3 is 0 Å². The highest BCUT2D eigenvalue weighted by Crippen LogP contribution is 2.11. The molecule has 1 rings (SSSR count). The second-order valence-corrected chi connectivity index (χ2v) is 7.73. The number of rotatable bonds is 10. The first-order valence-corrected chi connectivity index (χ1v) is 9.70. The Morgan fingerprint density at radius 2 is 2.04 bits per heavy atom. The van der Waals surface area contributed by atoms with Gasteiger partial charge in [-0.05, 0) is 19.9 Å². The number of ether oxygens (including phenoxy) is 1. The van der Waals surface area contributed by atoms with Crippen LogP contribution in [0.4, 0.5) is 0 Å². The maximum Gasteiger partial charge on any atom is 0.214 e. The molecule has 0 radical (unpaired) electrons. The van der Waals surface area contributed by atoms with Gasteiger partial charge in [0.05, 0.1) is 5.75 Å². The third-order valence-electron chi connectivity index (χ3n) is 3.75. The van der Waals surface area contributed by atoms with Gasteiger partial charge in [0.25, 0.3) is 0 Å². The first-order chi connectivity index (χ1) is 11.0. The smallest absolute Gasteiger partial charge is 0.214 e. The number of guanidine groups is 1. The number of likely N-dealkylation sites (N-methyl/N-ethyl adjacent to an activating group) is 1. The molecule has 8 nitrogen and oxygen atoms in total. The van der Waals surface area contributed by atoms with Crippen LogP contribution in [-0.2, 0) is 14.8 Å². The van der Waals surface area contributed by atoms with Gasteiger partial charge in [0.2, 0.25) is 10.0 Å². The van der Waals surface area contributed by atoms with E-state index in [1.54, 1.807) is 14.2 Å². The van der Waals surface area contributed by atoms with Gasteiger partial charge in [0.15, 0.2) is 5.96 Å². The Balaban J connectivity index is 2.15. The minimum atomic E-state index is -3.01. The lowest BCUT2D eigenvalue weighted by Gasteiger charge is -2.19. The summed E-state index contributed by atoms with van der Waals surface area (Å²) in [4.78, 5) is 6.38. The topological polar surface area (TPSA) is 86.3 Å². The van der Waals surface area contributed by atoms with Crippen molar-refractivity contribution in [1.82, 2.24) is 19.8 Å². The lowest BCUT2D eigenvalue weighted by Crippen LogP contribution is -2.44. The molecule has 0 aromatic heterocycles. The van der Waals surface area contributed by atoms with Gasteiger partial charge in [-0.3, -0.25) is 4.99 Å². The summed E-state index contributed by atoms with van der Waals surface area (Å²) < 4.78 is 30.0. The summed E-state index contributed by atoms with van der Waals surface area (Å²) in [7, 11) is 2.49. The largest absolute Gasteiger partial charge is 0.385 e. The quantitative estimate of drug-likeness (QED) is 0.304. The zero-order chi connectivity index (χ0) is 17.1. The zero-order valence-corrected chi connectivity index (χ0v) is 15.4. The molecule has 9 heteroatoms. The normalized spacial score (nSPS) is 18.5. The van der Waals surface area contributed by atoms with Crippen molar-refractivity contribution in [2.24, 2.45) is 4.99 Å². The van der Waals surface area contributed by atoms with Gasteiger partial charge in [-0.15, -0.1) is 0 Å². The van der Waals surface area contributed by atoms with E-state index in [0.29, 0.717) is 25.6 Å². The molecule has 1 heterocycles. The van der Waals surface area contributed by atoms with Crippen LogP contribution in [0.2, 0.25) is 0 Å². The molecule has 1 saturated heterocycles. The summed E-state index contributed by atoms with van der Waals surface area (Å²) in [5.41, 5.74) is 0. The number of aliphatic imine (C=N–C) groups is 1. The first-order valence-electron chi connectivity index (χ1n) is 8.09. The van der Waals surface area contributed by atoms with Gasteiger partial charge in [-0.1, -0.05) is 0 Å². The molecule has 0 aliphatic carbocycles. The Labute approximate surface area is 140 Å². The van der Waals surface area contributed by atoms with Crippen molar-refractivity contribution in [2.75, 3.05) is 72.8 Å². The first kappa shape index (κ1) is 20.1. The molecule has 0 amide bonds. The second kappa shape index (κ2) is 10.8. The SMILES string of the molecule is CN=C(NCCN(C)CCCOC)NCCN1CCCS1(=O)=O. The lowest BCUT2D eigenvalue weighted by molar-refractivity contribution is 0.180. The van der Waals surface area contributed by atoms with Crippen molar-refractivity contribution in [3.8, 4) is 0 Å². The Hall–Kier alpha value is -0.900. The fraction of sp³-hybridized carbons (Fsp3) is 0.929. The number of hydrogen-bond acceptors (Lipinski definition) is 5. The molecule has 2 N–H and O–H groups in total. The molecule has 0 bridgehead atoms. The Bertz CT molecular complexity index is 455. The van der Waals surface area contributed by atoms with Gasteiger partial charge < -0.3 is 20.3 Å². The number of nitrogens with one attached hydrogen (secondary N) is 2. The zero-order valence-electron chi connectivity index (χ0n) is 14.5. The summed E-state index contributed by atoms with van der Waals surface area (Å²) >= 11 is 0. The Kier molecular flexibility index (Phi) is 9.46. The maximum absolute atomic E-state index is 11.7. The van der Waals surface area contributed by atoms with Gasteiger partial charge in [-0.2, -0.15) is 0 Å². The van der Waals surface area contributed by atoms with E-state index >= 15 is 0 Å². The van der Waals surface area contributed by atoms with Crippen molar-refractivity contribution in [3.05, 3.63) is 0 Å². The molecule has 0 atom stereocenters. The number of methoxy groups -OCH3 is 1. The second-order valence-electron chi connectivity index (χ2n) is 5.64. The van der Waals surface area contributed by atoms with E-state index in [-0.39, 0.29) is 5.75 Å². The molecule has 1 aliphatic rings. The molecule has 0 spiro atoms. The summed E-state index contributed by atoms with van der Waals surface area (Å²) in [6.45, 7) is 5.13. The van der Waals surface area contributed by atoms with Crippen LogP contribution < -0.4 is 10.6 Å². The summed E-state index contributed by atoms with van der Waals surface area (Å²) in [6.07, 6.45) is 1.75. The van der Waals surface area contributed by atoms with Gasteiger partial charge in [-0.25, -0.2) is 12.7 Å². The van der Waals surface area contributed by atoms with E-state index in [0.717, 1.165) is 39.1 Å². The number of hydrogen-bond donors (Lipinski definition) is 2. The predicted octanol–water partition coefficient (Wildman–Crippen LogP) is -0.845. The molecular formula is C14H31N5O3S. The maximum atomic E-state index is 11.7. The van der Waals surface area contributed by atoms with Gasteiger partial charge in [0.1, 0.15) is 0 Å². The molecule has 1 fully saturated rings. The van der Waals surface area contributed by atoms with E-state index in [4.69, 9.17) is 4.74 Å². The van der Waals surface area contributed by atoms with E-state index < -0.39 is 10.0 Å². The van der Waals surface area contributed by atoms with Crippen molar-refractivity contribution in [1.29, 1.82) is 0 Å². The number of sulfonamides is 1. The highest BCUT2D eigenvalue weighted by atomic mass is 32.2. The molecule has 136 valence electrons. The van der Waals surface area contributed by atoms with Crippen LogP contribution in [0.3, 0.4) is 0 Å². The molecule has 0 aromatic carbocycles. The highest BCUT2D eigenvalue weighted by Gasteiger charge is 2.27. The van der Waals surface area contributed by atoms with Crippen LogP contribution in [0.25, 0.3) is 0 Å². The van der Waals surface area contributed by atoms with E-state index in [9.17, 15) is 8.42 Å². The van der Waals surface area contributed by atoms with Gasteiger partial charge in [0, 0.05) is 60.0 Å². The molecule has 0 aromatic rings. The summed E-state index contributed by atoms with van der Waals surface area (Å²) in [5, 5.41) is 6.39. The van der Waals surface area contributed by atoms with Crippen molar-refractivity contribution < 1.29 is 13.2 Å². The van der Waals surface area contributed by atoms with Crippen molar-refractivity contribution in [2.45, 2.75) is 12.8 Å². The monoisotopic (exact) mass is 349 g/mol. The average Bonchev–Trinajstić information content (AvgIpc) is 2.84. The fourth-order valence-electron chi connectivity index (χ4n) is 2.42. The lowest BCUT2D eigenvalue weighted by atomic mass is 10.4. The molecule has 0 unspecified atom stereocenters. The van der Waals surface area contributed by atoms with Crippen molar-refractivity contribution in [3.63, 3.8) is 0 Å². The highest BCUT2D eigenvalue weighted by molar-refractivity contribution is 7.89. The fourth-order valence-corrected chi connectivity index (χ4v) is 3.95. The third-order valence-corrected chi connectivity index (χ3v) is 5.71. The molecular weight excluding hydrogens is 318 g/mol. The van der Waals surface area contributed by atoms with Crippen LogP contribution in [0.5, 0.6) is 0 Å². The summed E-state index contributed by atoms with van der Waals surface area (Å²) in [5.74, 6) is 0.974. The van der Waals surface area contributed by atoms with Crippen LogP contribution >= 0.6 is 0 Å². The standard InChI is InChI=1S/C14H31N5O3S/c1-15-14(16-6-10-18(2)8-4-12-22-3)17-7-11-19-9-5-13-23(19,20)21/h4-13H2,1-3H3,(H2,15,16,17). The molecule has 23 heavy (non-hydrogen) atoms. The Morgan fingerprint density at radius 3 is 2.65 bits per heavy atom. The third kappa shape index (κ3) is 7.96. The minimum absolute atomic E-state index is 0.273. The van der Waals surface area contributed by atoms with Crippen molar-refractivity contribution >= 4 is 16.0 Å². The van der Waals surface area contributed by atoms with E-state index in [1.807, 2.05) is 0 Å². The average molecular weight is 350 g/mol. The number of nitrogens with zero attached hydrogens (tertiary/aromatic N) is 3. The van der Waals surface area contributed by atoms with E-state index in [2.05, 4.69) is 27.6 Å². The Morgan fingerprint density at radius 1 is 1.30 bits per heavy atom. The molecule has 1 aliphatic heterocycles. The van der Waals surface area contributed by atoms with Crippen LogP contribution in [0.15, 0.2) is 4.99 Å². The van der Waals surface area contributed by atoms with Crippen LogP contribution in [0, 0.1) is 0 Å². The summed E-state index contributed by atoms with van der Waals surface area (Å²) in [6, 6.07) is 0. The van der Waals surface area contributed by atoms with E-state index in [1.165, 1.54) is 4.31 Å².